The molecule has 0 unspecified atom stereocenters. The summed E-state index contributed by atoms with van der Waals surface area (Å²) in [5.74, 6) is 0. The van der Waals surface area contributed by atoms with Gasteiger partial charge in [0.25, 0.3) is 5.69 Å². The molecule has 2 aromatic rings. The van der Waals surface area contributed by atoms with Crippen molar-refractivity contribution in [2.75, 3.05) is 11.9 Å². The molecule has 0 radical (unpaired) electrons. The number of halogens is 2. The van der Waals surface area contributed by atoms with Crippen LogP contribution in [0.4, 0.5) is 16.2 Å². The monoisotopic (exact) mass is 399 g/mol. The van der Waals surface area contributed by atoms with E-state index in [2.05, 4.69) is 10.6 Å². The lowest BCUT2D eigenvalue weighted by Gasteiger charge is -2.11. The molecule has 0 bridgehead atoms. The largest absolute Gasteiger partial charge is 0.338 e. The quantitative estimate of drug-likeness (QED) is 0.489. The van der Waals surface area contributed by atoms with Crippen molar-refractivity contribution < 1.29 is 9.72 Å². The van der Waals surface area contributed by atoms with E-state index >= 15 is 0 Å². The number of nitrogens with one attached hydrogen (secondary N) is 2. The number of hydrogen-bond acceptors (Lipinski definition) is 4. The van der Waals surface area contributed by atoms with Crippen molar-refractivity contribution in [2.45, 2.75) is 23.1 Å². The molecule has 0 saturated heterocycles. The van der Waals surface area contributed by atoms with Gasteiger partial charge in [-0.1, -0.05) is 41.9 Å². The molecule has 0 aliphatic heterocycles. The lowest BCUT2D eigenvalue weighted by Crippen LogP contribution is -2.29. The van der Waals surface area contributed by atoms with Gasteiger partial charge in [-0.3, -0.25) is 10.1 Å². The molecule has 2 aromatic carbocycles. The summed E-state index contributed by atoms with van der Waals surface area (Å²) in [4.78, 5) is 23.3. The average molecular weight is 400 g/mol. The molecule has 6 nitrogen and oxygen atoms in total. The van der Waals surface area contributed by atoms with E-state index in [-0.39, 0.29) is 11.7 Å². The second-order valence-corrected chi connectivity index (χ2v) is 6.90. The van der Waals surface area contributed by atoms with E-state index in [9.17, 15) is 14.9 Å². The number of rotatable bonds is 6. The molecule has 0 saturated carbocycles. The van der Waals surface area contributed by atoms with E-state index in [0.29, 0.717) is 27.2 Å². The van der Waals surface area contributed by atoms with Gasteiger partial charge in [-0.25, -0.2) is 4.79 Å². The lowest BCUT2D eigenvalue weighted by molar-refractivity contribution is -0.384. The van der Waals surface area contributed by atoms with Gasteiger partial charge in [0.15, 0.2) is 0 Å². The van der Waals surface area contributed by atoms with Crippen LogP contribution in [0, 0.1) is 10.1 Å². The first-order valence-electron chi connectivity index (χ1n) is 7.37. The number of nitro groups is 1. The van der Waals surface area contributed by atoms with Gasteiger partial charge in [0.1, 0.15) is 0 Å². The number of amides is 2. The van der Waals surface area contributed by atoms with Crippen molar-refractivity contribution >= 4 is 52.4 Å². The van der Waals surface area contributed by atoms with Crippen molar-refractivity contribution in [2.24, 2.45) is 0 Å². The predicted molar refractivity (Wildman–Crippen MR) is 101 cm³/mol. The summed E-state index contributed by atoms with van der Waals surface area (Å²) in [5.41, 5.74) is 0.496. The van der Waals surface area contributed by atoms with E-state index < -0.39 is 4.92 Å². The van der Waals surface area contributed by atoms with Crippen LogP contribution in [0.15, 0.2) is 46.2 Å². The van der Waals surface area contributed by atoms with Crippen LogP contribution in [-0.2, 0) is 0 Å². The molecular formula is C16H15Cl2N3O3S. The molecule has 0 aliphatic rings. The van der Waals surface area contributed by atoms with Gasteiger partial charge in [0, 0.05) is 34.2 Å². The SMILES string of the molecule is CCCNC(=O)Nc1cc(Cl)c(Sc2ccc([N+](=O)[O-])cc2)c(Cl)c1. The number of benzene rings is 2. The maximum Gasteiger partial charge on any atom is 0.319 e. The first-order chi connectivity index (χ1) is 11.9. The van der Waals surface area contributed by atoms with Crippen LogP contribution < -0.4 is 10.6 Å². The Morgan fingerprint density at radius 2 is 1.80 bits per heavy atom. The number of urea groups is 1. The summed E-state index contributed by atoms with van der Waals surface area (Å²) in [5, 5.41) is 16.8. The summed E-state index contributed by atoms with van der Waals surface area (Å²) >= 11 is 13.8. The van der Waals surface area contributed by atoms with Crippen LogP contribution in [0.2, 0.25) is 10.0 Å². The third kappa shape index (κ3) is 5.52. The van der Waals surface area contributed by atoms with Gasteiger partial charge in [0.05, 0.1) is 15.0 Å². The second-order valence-electron chi connectivity index (χ2n) is 5.00. The van der Waals surface area contributed by atoms with Gasteiger partial charge in [-0.2, -0.15) is 0 Å². The molecule has 0 fully saturated rings. The predicted octanol–water partition coefficient (Wildman–Crippen LogP) is 5.58. The van der Waals surface area contributed by atoms with Crippen LogP contribution >= 0.6 is 35.0 Å². The Morgan fingerprint density at radius 1 is 1.20 bits per heavy atom. The molecule has 132 valence electrons. The minimum atomic E-state index is -0.460. The molecule has 0 aromatic heterocycles. The Labute approximate surface area is 159 Å². The fourth-order valence-corrected chi connectivity index (χ4v) is 3.44. The van der Waals surface area contributed by atoms with Gasteiger partial charge >= 0.3 is 6.03 Å². The number of anilines is 1. The van der Waals surface area contributed by atoms with Crippen molar-refractivity contribution in [3.63, 3.8) is 0 Å². The van der Waals surface area contributed by atoms with Crippen molar-refractivity contribution in [3.8, 4) is 0 Å². The normalized spacial score (nSPS) is 10.4. The summed E-state index contributed by atoms with van der Waals surface area (Å²) < 4.78 is 0. The van der Waals surface area contributed by atoms with E-state index in [4.69, 9.17) is 23.2 Å². The molecule has 0 spiro atoms. The zero-order valence-corrected chi connectivity index (χ0v) is 15.5. The van der Waals surface area contributed by atoms with E-state index in [1.54, 1.807) is 24.3 Å². The zero-order chi connectivity index (χ0) is 18.4. The maximum atomic E-state index is 11.7. The summed E-state index contributed by atoms with van der Waals surface area (Å²) in [6.45, 7) is 2.53. The Hall–Kier alpha value is -1.96. The first-order valence-corrected chi connectivity index (χ1v) is 8.94. The first kappa shape index (κ1) is 19.4. The standard InChI is InChI=1S/C16H15Cl2N3O3S/c1-2-7-19-16(22)20-10-8-13(17)15(14(18)9-10)25-12-5-3-11(4-6-12)21(23)24/h3-6,8-9H,2,7H2,1H3,(H2,19,20,22). The highest BCUT2D eigenvalue weighted by atomic mass is 35.5. The van der Waals surface area contributed by atoms with Gasteiger partial charge in [-0.05, 0) is 30.7 Å². The van der Waals surface area contributed by atoms with Gasteiger partial charge < -0.3 is 10.6 Å². The topological polar surface area (TPSA) is 84.3 Å². The minimum absolute atomic E-state index is 0.0131. The average Bonchev–Trinajstić information content (AvgIpc) is 2.56. The summed E-state index contributed by atoms with van der Waals surface area (Å²) in [6, 6.07) is 8.96. The number of hydrogen-bond donors (Lipinski definition) is 2. The van der Waals surface area contributed by atoms with Gasteiger partial charge in [0.2, 0.25) is 0 Å². The van der Waals surface area contributed by atoms with E-state index in [1.165, 1.54) is 23.9 Å². The molecule has 0 aliphatic carbocycles. The van der Waals surface area contributed by atoms with Crippen molar-refractivity contribution in [1.82, 2.24) is 5.32 Å². The number of nitrogens with zero attached hydrogens (tertiary/aromatic N) is 1. The fourth-order valence-electron chi connectivity index (χ4n) is 1.90. The van der Waals surface area contributed by atoms with E-state index in [1.807, 2.05) is 6.92 Å². The van der Waals surface area contributed by atoms with Crippen LogP contribution in [0.5, 0.6) is 0 Å². The molecule has 2 N–H and O–H groups in total. The number of carbonyl (C=O) groups excluding carboxylic acids is 1. The third-order valence-electron chi connectivity index (χ3n) is 3.06. The highest BCUT2D eigenvalue weighted by Gasteiger charge is 2.13. The molecule has 2 rings (SSSR count). The van der Waals surface area contributed by atoms with Gasteiger partial charge in [-0.15, -0.1) is 0 Å². The van der Waals surface area contributed by atoms with Crippen LogP contribution in [-0.4, -0.2) is 17.5 Å². The number of carbonyl (C=O) groups is 1. The summed E-state index contributed by atoms with van der Waals surface area (Å²) in [6.07, 6.45) is 0.833. The third-order valence-corrected chi connectivity index (χ3v) is 5.03. The smallest absolute Gasteiger partial charge is 0.319 e. The minimum Gasteiger partial charge on any atom is -0.338 e. The van der Waals surface area contributed by atoms with E-state index in [0.717, 1.165) is 11.3 Å². The van der Waals surface area contributed by atoms with Crippen molar-refractivity contribution in [3.05, 3.63) is 56.6 Å². The highest BCUT2D eigenvalue weighted by Crippen LogP contribution is 2.40. The maximum absolute atomic E-state index is 11.7. The van der Waals surface area contributed by atoms with Crippen molar-refractivity contribution in [1.29, 1.82) is 0 Å². The van der Waals surface area contributed by atoms with Crippen LogP contribution in [0.25, 0.3) is 0 Å². The Kier molecular flexibility index (Phi) is 6.92. The number of non-ortho nitro benzene ring substituents is 1. The fraction of sp³-hybridized carbons (Fsp3) is 0.188. The molecule has 0 heterocycles. The molecule has 0 atom stereocenters. The summed E-state index contributed by atoms with van der Waals surface area (Å²) in [7, 11) is 0. The van der Waals surface area contributed by atoms with Crippen LogP contribution in [0.1, 0.15) is 13.3 Å². The second kappa shape index (κ2) is 8.94. The van der Waals surface area contributed by atoms with Crippen LogP contribution in [0.3, 0.4) is 0 Å². The molecule has 9 heteroatoms. The number of nitro benzene ring substituents is 1. The Balaban J connectivity index is 2.14. The Bertz CT molecular complexity index is 762. The lowest BCUT2D eigenvalue weighted by atomic mass is 10.3. The molecule has 25 heavy (non-hydrogen) atoms. The highest BCUT2D eigenvalue weighted by molar-refractivity contribution is 7.99. The Morgan fingerprint density at radius 3 is 2.32 bits per heavy atom. The molecule has 2 amide bonds. The molecular weight excluding hydrogens is 385 g/mol. The zero-order valence-electron chi connectivity index (χ0n) is 13.2.